The highest BCUT2D eigenvalue weighted by atomic mass is 16.5. The van der Waals surface area contributed by atoms with Gasteiger partial charge in [0.25, 0.3) is 0 Å². The predicted molar refractivity (Wildman–Crippen MR) is 128 cm³/mol. The highest BCUT2D eigenvalue weighted by Crippen LogP contribution is 2.44. The van der Waals surface area contributed by atoms with Crippen LogP contribution in [0.4, 0.5) is 4.79 Å². The molecule has 34 heavy (non-hydrogen) atoms. The summed E-state index contributed by atoms with van der Waals surface area (Å²) in [4.78, 5) is 36.3. The maximum Gasteiger partial charge on any atom is 0.407 e. The molecule has 0 aromatic heterocycles. The van der Waals surface area contributed by atoms with Crippen LogP contribution in [0.2, 0.25) is 0 Å². The molecule has 2 aromatic carbocycles. The molecule has 0 heterocycles. The number of hydrogen-bond donors (Lipinski definition) is 3. The fourth-order valence-electron chi connectivity index (χ4n) is 3.76. The van der Waals surface area contributed by atoms with Crippen LogP contribution in [0.1, 0.15) is 44.7 Å². The molecule has 1 aliphatic rings. The zero-order valence-corrected chi connectivity index (χ0v) is 20.0. The van der Waals surface area contributed by atoms with Gasteiger partial charge in [0, 0.05) is 12.5 Å². The van der Waals surface area contributed by atoms with Crippen LogP contribution in [0.25, 0.3) is 11.1 Å². The quantitative estimate of drug-likeness (QED) is 0.519. The molecule has 0 saturated carbocycles. The SMILES string of the molecule is CC(CNC(=O)[C@H](COC(C)(C)C)NC(=O)OCC1c2ccccc2-c2ccccc21)C(=O)O. The lowest BCUT2D eigenvalue weighted by Crippen LogP contribution is -2.51. The number of carbonyl (C=O) groups is 3. The summed E-state index contributed by atoms with van der Waals surface area (Å²) >= 11 is 0. The number of nitrogens with one attached hydrogen (secondary N) is 2. The van der Waals surface area contributed by atoms with Crippen molar-refractivity contribution < 1.29 is 29.0 Å². The Labute approximate surface area is 199 Å². The van der Waals surface area contributed by atoms with Gasteiger partial charge >= 0.3 is 12.1 Å². The molecule has 3 N–H and O–H groups in total. The molecule has 8 heteroatoms. The summed E-state index contributed by atoms with van der Waals surface area (Å²) in [5, 5.41) is 14.2. The number of ether oxygens (including phenoxy) is 2. The molecule has 2 atom stereocenters. The van der Waals surface area contributed by atoms with Gasteiger partial charge in [-0.15, -0.1) is 0 Å². The average molecular weight is 469 g/mol. The van der Waals surface area contributed by atoms with Crippen LogP contribution in [-0.2, 0) is 19.1 Å². The first-order valence-corrected chi connectivity index (χ1v) is 11.3. The van der Waals surface area contributed by atoms with E-state index in [0.717, 1.165) is 22.3 Å². The highest BCUT2D eigenvalue weighted by Gasteiger charge is 2.30. The van der Waals surface area contributed by atoms with E-state index in [9.17, 15) is 14.4 Å². The molecule has 3 rings (SSSR count). The van der Waals surface area contributed by atoms with E-state index >= 15 is 0 Å². The first-order valence-electron chi connectivity index (χ1n) is 11.3. The molecule has 182 valence electrons. The van der Waals surface area contributed by atoms with E-state index in [2.05, 4.69) is 22.8 Å². The second-order valence-corrected chi connectivity index (χ2v) is 9.43. The summed E-state index contributed by atoms with van der Waals surface area (Å²) in [6.45, 7) is 6.96. The van der Waals surface area contributed by atoms with Crippen LogP contribution in [0.15, 0.2) is 48.5 Å². The Morgan fingerprint density at radius 1 is 1.00 bits per heavy atom. The molecule has 0 fully saturated rings. The third kappa shape index (κ3) is 6.35. The summed E-state index contributed by atoms with van der Waals surface area (Å²) in [5.74, 6) is -2.42. The van der Waals surface area contributed by atoms with E-state index in [4.69, 9.17) is 14.6 Å². The summed E-state index contributed by atoms with van der Waals surface area (Å²) in [7, 11) is 0. The van der Waals surface area contributed by atoms with Crippen molar-refractivity contribution in [3.63, 3.8) is 0 Å². The Kier molecular flexibility index (Phi) is 7.94. The van der Waals surface area contributed by atoms with Gasteiger partial charge in [-0.25, -0.2) is 4.79 Å². The third-order valence-corrected chi connectivity index (χ3v) is 5.64. The van der Waals surface area contributed by atoms with E-state index in [-0.39, 0.29) is 25.7 Å². The van der Waals surface area contributed by atoms with Crippen LogP contribution in [0.5, 0.6) is 0 Å². The molecule has 0 radical (unpaired) electrons. The largest absolute Gasteiger partial charge is 0.481 e. The Hall–Kier alpha value is -3.39. The molecule has 0 saturated heterocycles. The fraction of sp³-hybridized carbons (Fsp3) is 0.423. The van der Waals surface area contributed by atoms with Crippen molar-refractivity contribution >= 4 is 18.0 Å². The number of benzene rings is 2. The van der Waals surface area contributed by atoms with Crippen LogP contribution >= 0.6 is 0 Å². The second kappa shape index (κ2) is 10.7. The number of carbonyl (C=O) groups excluding carboxylic acids is 2. The standard InChI is InChI=1S/C26H32N2O6/c1-16(24(30)31)13-27-23(29)22(15-34-26(2,3)4)28-25(32)33-14-21-19-11-7-5-9-17(19)18-10-6-8-12-20(18)21/h5-12,16,21-22H,13-15H2,1-4H3,(H,27,29)(H,28,32)(H,30,31)/t16?,22-/m0/s1. The average Bonchev–Trinajstić information content (AvgIpc) is 3.11. The van der Waals surface area contributed by atoms with Crippen LogP contribution in [-0.4, -0.2) is 54.5 Å². The van der Waals surface area contributed by atoms with Crippen LogP contribution in [0.3, 0.4) is 0 Å². The minimum absolute atomic E-state index is 0.0629. The van der Waals surface area contributed by atoms with Gasteiger partial charge in [0.05, 0.1) is 18.1 Å². The fourth-order valence-corrected chi connectivity index (χ4v) is 3.76. The summed E-state index contributed by atoms with van der Waals surface area (Å²) in [6, 6.07) is 15.0. The number of hydrogen-bond acceptors (Lipinski definition) is 5. The second-order valence-electron chi connectivity index (χ2n) is 9.43. The molecule has 1 aliphatic carbocycles. The molecule has 8 nitrogen and oxygen atoms in total. The van der Waals surface area contributed by atoms with Crippen molar-refractivity contribution in [3.8, 4) is 11.1 Å². The van der Waals surface area contributed by atoms with Gasteiger partial charge < -0.3 is 25.2 Å². The Morgan fingerprint density at radius 2 is 1.56 bits per heavy atom. The molecule has 0 bridgehead atoms. The molecule has 2 amide bonds. The number of rotatable bonds is 9. The van der Waals surface area contributed by atoms with Crippen LogP contribution in [0, 0.1) is 5.92 Å². The van der Waals surface area contributed by atoms with Crippen molar-refractivity contribution in [2.24, 2.45) is 5.92 Å². The lowest BCUT2D eigenvalue weighted by Gasteiger charge is -2.25. The van der Waals surface area contributed by atoms with E-state index in [1.807, 2.05) is 57.2 Å². The van der Waals surface area contributed by atoms with Crippen molar-refractivity contribution in [3.05, 3.63) is 59.7 Å². The minimum Gasteiger partial charge on any atom is -0.481 e. The Morgan fingerprint density at radius 3 is 2.09 bits per heavy atom. The molecule has 2 aromatic rings. The summed E-state index contributed by atoms with van der Waals surface area (Å²) in [5.41, 5.74) is 3.88. The monoisotopic (exact) mass is 468 g/mol. The van der Waals surface area contributed by atoms with Gasteiger partial charge in [0.15, 0.2) is 0 Å². The molecular formula is C26H32N2O6. The maximum absolute atomic E-state index is 12.7. The lowest BCUT2D eigenvalue weighted by molar-refractivity contribution is -0.141. The smallest absolute Gasteiger partial charge is 0.407 e. The number of amides is 2. The van der Waals surface area contributed by atoms with Crippen molar-refractivity contribution in [1.82, 2.24) is 10.6 Å². The van der Waals surface area contributed by atoms with E-state index in [1.54, 1.807) is 0 Å². The van der Waals surface area contributed by atoms with Gasteiger partial charge in [0.2, 0.25) is 5.91 Å². The first-order chi connectivity index (χ1) is 16.1. The van der Waals surface area contributed by atoms with E-state index in [0.29, 0.717) is 0 Å². The van der Waals surface area contributed by atoms with Gasteiger partial charge in [0.1, 0.15) is 12.6 Å². The lowest BCUT2D eigenvalue weighted by atomic mass is 9.98. The summed E-state index contributed by atoms with van der Waals surface area (Å²) in [6.07, 6.45) is -0.745. The molecular weight excluding hydrogens is 436 g/mol. The van der Waals surface area contributed by atoms with Crippen molar-refractivity contribution in [2.45, 2.75) is 45.3 Å². The third-order valence-electron chi connectivity index (χ3n) is 5.64. The Balaban J connectivity index is 1.65. The van der Waals surface area contributed by atoms with E-state index < -0.39 is 35.5 Å². The van der Waals surface area contributed by atoms with Gasteiger partial charge in [-0.3, -0.25) is 9.59 Å². The topological polar surface area (TPSA) is 114 Å². The van der Waals surface area contributed by atoms with Gasteiger partial charge in [-0.05, 0) is 43.0 Å². The normalized spacial score (nSPS) is 14.5. The predicted octanol–water partition coefficient (Wildman–Crippen LogP) is 3.55. The van der Waals surface area contributed by atoms with Gasteiger partial charge in [-0.2, -0.15) is 0 Å². The van der Waals surface area contributed by atoms with Gasteiger partial charge in [-0.1, -0.05) is 55.5 Å². The highest BCUT2D eigenvalue weighted by molar-refractivity contribution is 5.86. The molecule has 0 aliphatic heterocycles. The number of aliphatic carboxylic acids is 1. The number of fused-ring (bicyclic) bond motifs is 3. The minimum atomic E-state index is -1.03. The summed E-state index contributed by atoms with van der Waals surface area (Å²) < 4.78 is 11.2. The van der Waals surface area contributed by atoms with Crippen molar-refractivity contribution in [2.75, 3.05) is 19.8 Å². The van der Waals surface area contributed by atoms with E-state index in [1.165, 1.54) is 6.92 Å². The Bertz CT molecular complexity index is 1000. The molecule has 1 unspecified atom stereocenters. The molecule has 0 spiro atoms. The zero-order chi connectivity index (χ0) is 24.9. The zero-order valence-electron chi connectivity index (χ0n) is 20.0. The number of carboxylic acid groups (broad SMARTS) is 1. The maximum atomic E-state index is 12.7. The number of carboxylic acids is 1. The first kappa shape index (κ1) is 25.2. The van der Waals surface area contributed by atoms with Crippen molar-refractivity contribution in [1.29, 1.82) is 0 Å². The van der Waals surface area contributed by atoms with Crippen LogP contribution < -0.4 is 10.6 Å². The number of alkyl carbamates (subject to hydrolysis) is 1.